The minimum atomic E-state index is 0.678. The van der Waals surface area contributed by atoms with E-state index in [0.717, 1.165) is 6.42 Å². The highest BCUT2D eigenvalue weighted by Crippen LogP contribution is 2.12. The predicted octanol–water partition coefficient (Wildman–Crippen LogP) is 3.11. The van der Waals surface area contributed by atoms with Gasteiger partial charge in [0.1, 0.15) is 0 Å². The number of hydrogen-bond acceptors (Lipinski definition) is 1. The first-order valence-electron chi connectivity index (χ1n) is 3.97. The Bertz CT molecular complexity index is 254. The molecule has 0 N–H and O–H groups in total. The summed E-state index contributed by atoms with van der Waals surface area (Å²) in [6.07, 6.45) is 6.69. The summed E-state index contributed by atoms with van der Waals surface area (Å²) in [4.78, 5) is 4.04. The molecule has 0 unspecified atom stereocenters. The predicted molar refractivity (Wildman–Crippen MR) is 53.2 cm³/mol. The Hall–Kier alpha value is -0.820. The molecule has 0 aliphatic rings. The summed E-state index contributed by atoms with van der Waals surface area (Å²) in [7, 11) is 0. The highest BCUT2D eigenvalue weighted by Gasteiger charge is 1.92. The zero-order valence-corrected chi connectivity index (χ0v) is 7.88. The number of rotatable bonds is 3. The average molecular weight is 182 g/mol. The lowest BCUT2D eigenvalue weighted by molar-refractivity contribution is 1.22. The van der Waals surface area contributed by atoms with Gasteiger partial charge in [0, 0.05) is 18.3 Å². The number of alkyl halides is 1. The second-order valence-corrected chi connectivity index (χ2v) is 2.98. The quantitative estimate of drug-likeness (QED) is 0.653. The molecule has 0 aromatic carbocycles. The van der Waals surface area contributed by atoms with Gasteiger partial charge in [0.05, 0.1) is 0 Å². The highest BCUT2D eigenvalue weighted by atomic mass is 35.5. The van der Waals surface area contributed by atoms with Crippen LogP contribution in [0, 0.1) is 0 Å². The van der Waals surface area contributed by atoms with Crippen LogP contribution >= 0.6 is 11.6 Å². The van der Waals surface area contributed by atoms with Crippen molar-refractivity contribution in [2.24, 2.45) is 0 Å². The lowest BCUT2D eigenvalue weighted by atomic mass is 10.1. The fourth-order valence-electron chi connectivity index (χ4n) is 0.985. The first kappa shape index (κ1) is 9.27. The van der Waals surface area contributed by atoms with Gasteiger partial charge in [-0.15, -0.1) is 11.6 Å². The monoisotopic (exact) mass is 181 g/mol. The first-order chi connectivity index (χ1) is 5.84. The van der Waals surface area contributed by atoms with Crippen LogP contribution in [0.2, 0.25) is 0 Å². The van der Waals surface area contributed by atoms with Crippen LogP contribution in [0.25, 0.3) is 5.57 Å². The van der Waals surface area contributed by atoms with Crippen molar-refractivity contribution in [1.29, 1.82) is 0 Å². The van der Waals surface area contributed by atoms with E-state index in [1.165, 1.54) is 11.1 Å². The molecule has 0 amide bonds. The third-order valence-electron chi connectivity index (χ3n) is 1.68. The zero-order chi connectivity index (χ0) is 8.81. The number of hydrogen-bond donors (Lipinski definition) is 0. The molecular weight excluding hydrogens is 170 g/mol. The van der Waals surface area contributed by atoms with E-state index in [-0.39, 0.29) is 0 Å². The molecule has 0 bridgehead atoms. The van der Waals surface area contributed by atoms with Crippen LogP contribution in [-0.2, 0) is 0 Å². The number of aromatic nitrogens is 1. The topological polar surface area (TPSA) is 12.9 Å². The van der Waals surface area contributed by atoms with Gasteiger partial charge in [-0.1, -0.05) is 12.1 Å². The minimum Gasteiger partial charge on any atom is -0.264 e. The van der Waals surface area contributed by atoms with E-state index in [1.54, 1.807) is 6.20 Å². The van der Waals surface area contributed by atoms with Crippen LogP contribution in [0.15, 0.2) is 30.6 Å². The summed E-state index contributed by atoms with van der Waals surface area (Å²) in [6.45, 7) is 2.07. The fourth-order valence-corrected chi connectivity index (χ4v) is 1.09. The van der Waals surface area contributed by atoms with E-state index in [1.807, 2.05) is 18.3 Å². The lowest BCUT2D eigenvalue weighted by Gasteiger charge is -1.98. The molecule has 0 spiro atoms. The molecule has 1 heterocycles. The standard InChI is InChI=1S/C10H12ClN/c1-9(4-2-6-11)10-5-3-7-12-8-10/h3-5,7-8H,2,6H2,1H3. The third kappa shape index (κ3) is 2.67. The third-order valence-corrected chi connectivity index (χ3v) is 1.89. The smallest absolute Gasteiger partial charge is 0.0342 e. The Morgan fingerprint density at radius 3 is 3.08 bits per heavy atom. The van der Waals surface area contributed by atoms with E-state index in [2.05, 4.69) is 18.0 Å². The lowest BCUT2D eigenvalue weighted by Crippen LogP contribution is -1.81. The summed E-state index contributed by atoms with van der Waals surface area (Å²) in [5, 5.41) is 0. The molecule has 0 saturated heterocycles. The van der Waals surface area contributed by atoms with Crippen LogP contribution in [0.5, 0.6) is 0 Å². The van der Waals surface area contributed by atoms with E-state index < -0.39 is 0 Å². The molecule has 1 nitrogen and oxygen atoms in total. The normalized spacial score (nSPS) is 11.7. The zero-order valence-electron chi connectivity index (χ0n) is 7.13. The van der Waals surface area contributed by atoms with Crippen molar-refractivity contribution >= 4 is 17.2 Å². The molecule has 0 atom stereocenters. The molecule has 0 radical (unpaired) electrons. The van der Waals surface area contributed by atoms with Crippen molar-refractivity contribution in [3.8, 4) is 0 Å². The number of nitrogens with zero attached hydrogens (tertiary/aromatic N) is 1. The Morgan fingerprint density at radius 2 is 2.50 bits per heavy atom. The molecule has 0 fully saturated rings. The van der Waals surface area contributed by atoms with Crippen LogP contribution in [0.4, 0.5) is 0 Å². The summed E-state index contributed by atoms with van der Waals surface area (Å²) in [6, 6.07) is 3.99. The molecule has 0 saturated carbocycles. The van der Waals surface area contributed by atoms with Crippen LogP contribution in [0.3, 0.4) is 0 Å². The number of halogens is 1. The van der Waals surface area contributed by atoms with Crippen molar-refractivity contribution in [2.75, 3.05) is 5.88 Å². The van der Waals surface area contributed by atoms with Crippen LogP contribution < -0.4 is 0 Å². The molecule has 0 aliphatic heterocycles. The fraction of sp³-hybridized carbons (Fsp3) is 0.300. The van der Waals surface area contributed by atoms with Crippen molar-refractivity contribution in [1.82, 2.24) is 4.98 Å². The Kier molecular flexibility index (Phi) is 3.81. The van der Waals surface area contributed by atoms with Crippen molar-refractivity contribution in [3.05, 3.63) is 36.2 Å². The van der Waals surface area contributed by atoms with Gasteiger partial charge < -0.3 is 0 Å². The van der Waals surface area contributed by atoms with Crippen molar-refractivity contribution in [3.63, 3.8) is 0 Å². The van der Waals surface area contributed by atoms with Crippen molar-refractivity contribution in [2.45, 2.75) is 13.3 Å². The Balaban J connectivity index is 2.71. The molecule has 0 aliphatic carbocycles. The maximum absolute atomic E-state index is 5.57. The highest BCUT2D eigenvalue weighted by molar-refractivity contribution is 6.17. The summed E-state index contributed by atoms with van der Waals surface area (Å²) in [5.41, 5.74) is 2.41. The molecule has 2 heteroatoms. The van der Waals surface area contributed by atoms with E-state index in [9.17, 15) is 0 Å². The van der Waals surface area contributed by atoms with E-state index in [0.29, 0.717) is 5.88 Å². The first-order valence-corrected chi connectivity index (χ1v) is 4.51. The Morgan fingerprint density at radius 1 is 1.67 bits per heavy atom. The Labute approximate surface area is 78.1 Å². The number of allylic oxidation sites excluding steroid dienone is 2. The maximum Gasteiger partial charge on any atom is 0.0342 e. The van der Waals surface area contributed by atoms with Gasteiger partial charge in [-0.05, 0) is 30.5 Å². The summed E-state index contributed by atoms with van der Waals surface area (Å²) in [5.74, 6) is 0.678. The molecule has 64 valence electrons. The van der Waals surface area contributed by atoms with Gasteiger partial charge in [0.15, 0.2) is 0 Å². The molecule has 12 heavy (non-hydrogen) atoms. The van der Waals surface area contributed by atoms with Crippen LogP contribution in [-0.4, -0.2) is 10.9 Å². The van der Waals surface area contributed by atoms with Gasteiger partial charge >= 0.3 is 0 Å². The van der Waals surface area contributed by atoms with Gasteiger partial charge in [-0.2, -0.15) is 0 Å². The van der Waals surface area contributed by atoms with E-state index in [4.69, 9.17) is 11.6 Å². The molecular formula is C10H12ClN. The summed E-state index contributed by atoms with van der Waals surface area (Å²) < 4.78 is 0. The largest absolute Gasteiger partial charge is 0.264 e. The van der Waals surface area contributed by atoms with Crippen molar-refractivity contribution < 1.29 is 0 Å². The molecule has 1 aromatic heterocycles. The van der Waals surface area contributed by atoms with Gasteiger partial charge in [-0.3, -0.25) is 4.98 Å². The number of pyridine rings is 1. The molecule has 1 rings (SSSR count). The second-order valence-electron chi connectivity index (χ2n) is 2.61. The minimum absolute atomic E-state index is 0.678. The average Bonchev–Trinajstić information content (AvgIpc) is 2.15. The van der Waals surface area contributed by atoms with Gasteiger partial charge in [-0.25, -0.2) is 0 Å². The van der Waals surface area contributed by atoms with Gasteiger partial charge in [0.2, 0.25) is 0 Å². The van der Waals surface area contributed by atoms with Crippen LogP contribution in [0.1, 0.15) is 18.9 Å². The molecule has 1 aromatic rings. The van der Waals surface area contributed by atoms with E-state index >= 15 is 0 Å². The summed E-state index contributed by atoms with van der Waals surface area (Å²) >= 11 is 5.57. The SMILES string of the molecule is CC(=CCCCl)c1cccnc1. The maximum atomic E-state index is 5.57. The second kappa shape index (κ2) is 4.94. The van der Waals surface area contributed by atoms with Gasteiger partial charge in [0.25, 0.3) is 0 Å².